The normalized spacial score (nSPS) is 14.6. The molecule has 32 heavy (non-hydrogen) atoms. The van der Waals surface area contributed by atoms with Crippen LogP contribution in [0.15, 0.2) is 42.6 Å². The first-order chi connectivity index (χ1) is 15.5. The second kappa shape index (κ2) is 8.27. The van der Waals surface area contributed by atoms with Crippen molar-refractivity contribution in [1.82, 2.24) is 34.3 Å². The average molecular weight is 449 g/mol. The van der Waals surface area contributed by atoms with Crippen LogP contribution in [0.3, 0.4) is 0 Å². The zero-order chi connectivity index (χ0) is 22.2. The highest BCUT2D eigenvalue weighted by Crippen LogP contribution is 2.39. The van der Waals surface area contributed by atoms with Crippen LogP contribution in [-0.4, -0.2) is 40.2 Å². The van der Waals surface area contributed by atoms with Gasteiger partial charge in [-0.25, -0.2) is 9.97 Å². The van der Waals surface area contributed by atoms with Crippen molar-refractivity contribution in [2.24, 2.45) is 5.92 Å². The van der Waals surface area contributed by atoms with Gasteiger partial charge in [0, 0.05) is 29.7 Å². The molecule has 0 bridgehead atoms. The standard InChI is InChI=1S/C22H24N8OS/c1-13(2)14(3)30-12-25-28-20(30)22-27-19(10-32-22)26-21(31)17-8-16(6-7-23-17)29-9-18(24-11-29)15-4-5-15/h6-15H,4-5H2,1-3H3,(H,26,31). The second-order valence-corrected chi connectivity index (χ2v) is 9.28. The summed E-state index contributed by atoms with van der Waals surface area (Å²) in [5, 5.41) is 13.6. The van der Waals surface area contributed by atoms with Crippen LogP contribution < -0.4 is 5.32 Å². The Bertz CT molecular complexity index is 1250. The van der Waals surface area contributed by atoms with Gasteiger partial charge in [0.1, 0.15) is 17.8 Å². The SMILES string of the molecule is CC(C)C(C)n1cnnc1-c1nc(NC(=O)c2cc(-n3cnc(C4CC4)c3)ccn2)cs1. The van der Waals surface area contributed by atoms with Crippen molar-refractivity contribution >= 4 is 23.1 Å². The number of amides is 1. The molecule has 1 fully saturated rings. The van der Waals surface area contributed by atoms with Crippen LogP contribution in [0.25, 0.3) is 16.5 Å². The van der Waals surface area contributed by atoms with E-state index in [-0.39, 0.29) is 11.9 Å². The first-order valence-electron chi connectivity index (χ1n) is 10.7. The Morgan fingerprint density at radius 1 is 1.22 bits per heavy atom. The molecule has 10 heteroatoms. The van der Waals surface area contributed by atoms with Gasteiger partial charge in [-0.05, 0) is 37.8 Å². The fourth-order valence-electron chi connectivity index (χ4n) is 3.40. The van der Waals surface area contributed by atoms with Crippen LogP contribution in [-0.2, 0) is 0 Å². The molecule has 9 nitrogen and oxygen atoms in total. The van der Waals surface area contributed by atoms with Gasteiger partial charge in [-0.15, -0.1) is 21.5 Å². The maximum absolute atomic E-state index is 12.8. The molecule has 1 atom stereocenters. The van der Waals surface area contributed by atoms with Crippen LogP contribution >= 0.6 is 11.3 Å². The number of nitrogens with one attached hydrogen (secondary N) is 1. The molecule has 1 N–H and O–H groups in total. The van der Waals surface area contributed by atoms with Gasteiger partial charge in [0.15, 0.2) is 10.8 Å². The summed E-state index contributed by atoms with van der Waals surface area (Å²) >= 11 is 1.42. The molecule has 0 aliphatic heterocycles. The zero-order valence-electron chi connectivity index (χ0n) is 18.1. The van der Waals surface area contributed by atoms with E-state index in [1.165, 1.54) is 24.2 Å². The summed E-state index contributed by atoms with van der Waals surface area (Å²) in [6.07, 6.45) is 9.55. The van der Waals surface area contributed by atoms with Gasteiger partial charge in [-0.3, -0.25) is 9.78 Å². The van der Waals surface area contributed by atoms with E-state index in [1.54, 1.807) is 30.3 Å². The maximum Gasteiger partial charge on any atom is 0.275 e. The number of thiazole rings is 1. The van der Waals surface area contributed by atoms with Crippen molar-refractivity contribution in [3.8, 4) is 16.5 Å². The minimum absolute atomic E-state index is 0.234. The van der Waals surface area contributed by atoms with Crippen LogP contribution in [0.1, 0.15) is 61.8 Å². The van der Waals surface area contributed by atoms with Crippen molar-refractivity contribution in [2.45, 2.75) is 45.6 Å². The predicted molar refractivity (Wildman–Crippen MR) is 122 cm³/mol. The minimum Gasteiger partial charge on any atom is -0.308 e. The lowest BCUT2D eigenvalue weighted by atomic mass is 10.1. The largest absolute Gasteiger partial charge is 0.308 e. The summed E-state index contributed by atoms with van der Waals surface area (Å²) in [6, 6.07) is 3.85. The molecule has 5 rings (SSSR count). The van der Waals surface area contributed by atoms with Crippen molar-refractivity contribution < 1.29 is 4.79 Å². The number of imidazole rings is 1. The summed E-state index contributed by atoms with van der Waals surface area (Å²) in [5.41, 5.74) is 2.26. The number of nitrogens with zero attached hydrogens (tertiary/aromatic N) is 7. The van der Waals surface area contributed by atoms with Gasteiger partial charge >= 0.3 is 0 Å². The topological polar surface area (TPSA) is 103 Å². The quantitative estimate of drug-likeness (QED) is 0.451. The molecule has 1 aliphatic rings. The van der Waals surface area contributed by atoms with Gasteiger partial charge in [-0.2, -0.15) is 0 Å². The minimum atomic E-state index is -0.316. The molecule has 0 saturated heterocycles. The second-order valence-electron chi connectivity index (χ2n) is 8.42. The number of carbonyl (C=O) groups is 1. The Morgan fingerprint density at radius 3 is 2.84 bits per heavy atom. The molecule has 4 heterocycles. The third-order valence-electron chi connectivity index (χ3n) is 5.79. The smallest absolute Gasteiger partial charge is 0.275 e. The Morgan fingerprint density at radius 2 is 2.06 bits per heavy atom. The van der Waals surface area contributed by atoms with Crippen LogP contribution in [0.5, 0.6) is 0 Å². The number of aromatic nitrogens is 7. The van der Waals surface area contributed by atoms with E-state index in [0.29, 0.717) is 34.2 Å². The third kappa shape index (κ3) is 4.05. The molecule has 1 aliphatic carbocycles. The summed E-state index contributed by atoms with van der Waals surface area (Å²) in [7, 11) is 0. The number of hydrogen-bond donors (Lipinski definition) is 1. The molecule has 1 saturated carbocycles. The van der Waals surface area contributed by atoms with Gasteiger partial charge in [0.2, 0.25) is 0 Å². The van der Waals surface area contributed by atoms with Gasteiger partial charge < -0.3 is 14.5 Å². The highest BCUT2D eigenvalue weighted by molar-refractivity contribution is 7.13. The number of pyridine rings is 1. The highest BCUT2D eigenvalue weighted by atomic mass is 32.1. The lowest BCUT2D eigenvalue weighted by Crippen LogP contribution is -2.14. The Labute approximate surface area is 189 Å². The highest BCUT2D eigenvalue weighted by Gasteiger charge is 2.26. The summed E-state index contributed by atoms with van der Waals surface area (Å²) in [6.45, 7) is 6.43. The molecule has 0 radical (unpaired) electrons. The molecule has 4 aromatic heterocycles. The molecular weight excluding hydrogens is 424 g/mol. The molecule has 1 unspecified atom stereocenters. The van der Waals surface area contributed by atoms with E-state index < -0.39 is 0 Å². The van der Waals surface area contributed by atoms with Crippen molar-refractivity contribution in [3.63, 3.8) is 0 Å². The number of hydrogen-bond acceptors (Lipinski definition) is 7. The zero-order valence-corrected chi connectivity index (χ0v) is 19.0. The fourth-order valence-corrected chi connectivity index (χ4v) is 4.14. The molecule has 164 valence electrons. The van der Waals surface area contributed by atoms with Crippen LogP contribution in [0.2, 0.25) is 0 Å². The third-order valence-corrected chi connectivity index (χ3v) is 6.62. The predicted octanol–water partition coefficient (Wildman–Crippen LogP) is 4.33. The molecular formula is C22H24N8OS. The molecule has 0 spiro atoms. The summed E-state index contributed by atoms with van der Waals surface area (Å²) < 4.78 is 3.94. The Kier molecular flexibility index (Phi) is 5.30. The lowest BCUT2D eigenvalue weighted by Gasteiger charge is -2.17. The number of anilines is 1. The fraction of sp³-hybridized carbons (Fsp3) is 0.364. The van der Waals surface area contributed by atoms with Crippen LogP contribution in [0, 0.1) is 5.92 Å². The maximum atomic E-state index is 12.8. The Balaban J connectivity index is 1.32. The van der Waals surface area contributed by atoms with E-state index in [4.69, 9.17) is 0 Å². The summed E-state index contributed by atoms with van der Waals surface area (Å²) in [5.74, 6) is 1.85. The van der Waals surface area contributed by atoms with Crippen LogP contribution in [0.4, 0.5) is 5.82 Å². The number of carbonyl (C=O) groups excluding carboxylic acids is 1. The van der Waals surface area contributed by atoms with E-state index in [9.17, 15) is 4.79 Å². The van der Waals surface area contributed by atoms with Gasteiger partial charge in [-0.1, -0.05) is 13.8 Å². The first-order valence-corrected chi connectivity index (χ1v) is 11.5. The van der Waals surface area contributed by atoms with Crippen molar-refractivity contribution in [1.29, 1.82) is 0 Å². The summed E-state index contributed by atoms with van der Waals surface area (Å²) in [4.78, 5) is 26.1. The Hall–Kier alpha value is -3.40. The van der Waals surface area contributed by atoms with E-state index in [0.717, 1.165) is 11.4 Å². The van der Waals surface area contributed by atoms with E-state index in [2.05, 4.69) is 51.2 Å². The monoisotopic (exact) mass is 448 g/mol. The number of rotatable bonds is 7. The molecule has 1 amide bonds. The van der Waals surface area contributed by atoms with Crippen molar-refractivity contribution in [3.05, 3.63) is 53.9 Å². The first kappa shape index (κ1) is 20.5. The van der Waals surface area contributed by atoms with Gasteiger partial charge in [0.25, 0.3) is 5.91 Å². The lowest BCUT2D eigenvalue weighted by molar-refractivity contribution is 0.102. The van der Waals surface area contributed by atoms with E-state index >= 15 is 0 Å². The molecule has 0 aromatic carbocycles. The van der Waals surface area contributed by atoms with Gasteiger partial charge in [0.05, 0.1) is 17.7 Å². The average Bonchev–Trinajstić information content (AvgIpc) is 3.20. The van der Waals surface area contributed by atoms with E-state index in [1.807, 2.05) is 21.4 Å². The molecule has 4 aromatic rings. The van der Waals surface area contributed by atoms with Crippen molar-refractivity contribution in [2.75, 3.05) is 5.32 Å².